The third kappa shape index (κ3) is 4.52. The van der Waals surface area contributed by atoms with Gasteiger partial charge in [0, 0.05) is 31.1 Å². The summed E-state index contributed by atoms with van der Waals surface area (Å²) in [6, 6.07) is 5.29. The third-order valence-corrected chi connectivity index (χ3v) is 8.49. The van der Waals surface area contributed by atoms with Crippen molar-refractivity contribution in [3.8, 4) is 6.07 Å². The first-order chi connectivity index (χ1) is 16.6. The fourth-order valence-corrected chi connectivity index (χ4v) is 7.11. The zero-order chi connectivity index (χ0) is 25.0. The zero-order valence-corrected chi connectivity index (χ0v) is 19.3. The number of halogens is 3. The summed E-state index contributed by atoms with van der Waals surface area (Å²) in [7, 11) is 0. The number of morpholine rings is 1. The van der Waals surface area contributed by atoms with Crippen molar-refractivity contribution in [2.75, 3.05) is 19.7 Å². The maximum Gasteiger partial charge on any atom is 0.416 e. The number of nitrogens with zero attached hydrogens (tertiary/aromatic N) is 2. The number of nitriles is 1. The molecule has 188 valence electrons. The monoisotopic (exact) mass is 490 g/mol. The van der Waals surface area contributed by atoms with Gasteiger partial charge in [0.15, 0.2) is 0 Å². The average molecular weight is 491 g/mol. The topological polar surface area (TPSA) is 108 Å². The minimum absolute atomic E-state index is 0.00514. The molecular weight excluding hydrogens is 461 g/mol. The van der Waals surface area contributed by atoms with Crippen LogP contribution in [0.25, 0.3) is 0 Å². The number of amides is 2. The van der Waals surface area contributed by atoms with Crippen molar-refractivity contribution < 1.29 is 27.5 Å². The highest BCUT2D eigenvalue weighted by Crippen LogP contribution is 2.59. The van der Waals surface area contributed by atoms with Crippen LogP contribution in [0, 0.1) is 34.5 Å². The Labute approximate surface area is 201 Å². The van der Waals surface area contributed by atoms with Gasteiger partial charge in [-0.2, -0.15) is 18.4 Å². The molecule has 3 N–H and O–H groups in total. The standard InChI is InChI=1S/C25H29F3N4O3/c26-25(27,28)19-7-14(11-29)1-2-16(19)12-32-3-4-35-20(13-32)22(33)31-21-17-5-15-6-18(21)10-24(8-15,9-17)23(30)34/h1-2,7,15,17-18,20-21H,3-6,8-10,12-13H2,(H2,30,34)(H,31,33)/t15?,17?,18?,20-,21?,24?/m1/s1. The van der Waals surface area contributed by atoms with Crippen molar-refractivity contribution in [3.63, 3.8) is 0 Å². The van der Waals surface area contributed by atoms with Gasteiger partial charge in [0.1, 0.15) is 6.10 Å². The summed E-state index contributed by atoms with van der Waals surface area (Å²) in [4.78, 5) is 27.1. The SMILES string of the molecule is N#Cc1ccc(CN2CCO[C@@H](C(=O)NC3C4CC5CC3CC(C(N)=O)(C5)C4)C2)c(C(F)(F)F)c1. The number of carbonyl (C=O) groups excluding carboxylic acids is 2. The van der Waals surface area contributed by atoms with E-state index in [1.807, 2.05) is 0 Å². The molecule has 0 aromatic heterocycles. The molecule has 4 bridgehead atoms. The predicted octanol–water partition coefficient (Wildman–Crippen LogP) is 2.57. The molecule has 10 heteroatoms. The van der Waals surface area contributed by atoms with Crippen molar-refractivity contribution in [1.82, 2.24) is 10.2 Å². The predicted molar refractivity (Wildman–Crippen MR) is 118 cm³/mol. The molecule has 2 unspecified atom stereocenters. The summed E-state index contributed by atoms with van der Waals surface area (Å²) in [5.41, 5.74) is 4.50. The first-order valence-corrected chi connectivity index (χ1v) is 12.1. The van der Waals surface area contributed by atoms with E-state index in [1.54, 1.807) is 11.0 Å². The van der Waals surface area contributed by atoms with E-state index in [1.165, 1.54) is 12.1 Å². The van der Waals surface area contributed by atoms with Gasteiger partial charge < -0.3 is 15.8 Å². The van der Waals surface area contributed by atoms with Crippen molar-refractivity contribution >= 4 is 11.8 Å². The molecule has 7 nitrogen and oxygen atoms in total. The Morgan fingerprint density at radius 3 is 2.57 bits per heavy atom. The van der Waals surface area contributed by atoms with Gasteiger partial charge in [-0.05, 0) is 67.6 Å². The van der Waals surface area contributed by atoms with Crippen LogP contribution in [0.1, 0.15) is 48.8 Å². The molecule has 5 aliphatic rings. The van der Waals surface area contributed by atoms with Gasteiger partial charge >= 0.3 is 6.18 Å². The van der Waals surface area contributed by atoms with E-state index in [-0.39, 0.29) is 60.5 Å². The fourth-order valence-electron chi connectivity index (χ4n) is 7.11. The number of hydrogen-bond acceptors (Lipinski definition) is 5. The fraction of sp³-hybridized carbons (Fsp3) is 0.640. The van der Waals surface area contributed by atoms with Gasteiger partial charge in [-0.1, -0.05) is 6.07 Å². The van der Waals surface area contributed by atoms with Crippen LogP contribution in [0.2, 0.25) is 0 Å². The smallest absolute Gasteiger partial charge is 0.369 e. The summed E-state index contributed by atoms with van der Waals surface area (Å²) in [5, 5.41) is 12.1. The van der Waals surface area contributed by atoms with Gasteiger partial charge in [-0.15, -0.1) is 0 Å². The molecule has 4 saturated carbocycles. The third-order valence-electron chi connectivity index (χ3n) is 8.49. The van der Waals surface area contributed by atoms with Crippen molar-refractivity contribution in [2.45, 2.75) is 57.0 Å². The van der Waals surface area contributed by atoms with E-state index in [0.717, 1.165) is 25.3 Å². The number of hydrogen-bond donors (Lipinski definition) is 2. The number of primary amides is 1. The van der Waals surface area contributed by atoms with Gasteiger partial charge in [-0.25, -0.2) is 0 Å². The molecule has 5 fully saturated rings. The van der Waals surface area contributed by atoms with Crippen LogP contribution < -0.4 is 11.1 Å². The lowest BCUT2D eigenvalue weighted by Gasteiger charge is -2.59. The second-order valence-electron chi connectivity index (χ2n) is 10.7. The number of benzene rings is 1. The lowest BCUT2D eigenvalue weighted by atomic mass is 9.47. The maximum absolute atomic E-state index is 13.6. The molecule has 0 spiro atoms. The molecule has 1 aromatic carbocycles. The molecule has 1 aromatic rings. The molecular formula is C25H29F3N4O3. The Morgan fingerprint density at radius 1 is 1.23 bits per heavy atom. The van der Waals surface area contributed by atoms with E-state index in [2.05, 4.69) is 5.32 Å². The largest absolute Gasteiger partial charge is 0.416 e. The number of alkyl halides is 3. The molecule has 0 radical (unpaired) electrons. The molecule has 35 heavy (non-hydrogen) atoms. The first-order valence-electron chi connectivity index (χ1n) is 12.1. The number of nitrogens with two attached hydrogens (primary N) is 1. The summed E-state index contributed by atoms with van der Waals surface area (Å²) in [6.45, 7) is 0.822. The van der Waals surface area contributed by atoms with Crippen LogP contribution in [0.4, 0.5) is 13.2 Å². The normalized spacial score (nSPS) is 34.4. The minimum Gasteiger partial charge on any atom is -0.369 e. The Balaban J connectivity index is 1.24. The summed E-state index contributed by atoms with van der Waals surface area (Å²) in [6.07, 6.45) is -1.13. The van der Waals surface area contributed by atoms with Crippen LogP contribution in [0.15, 0.2) is 18.2 Å². The van der Waals surface area contributed by atoms with E-state index in [0.29, 0.717) is 25.3 Å². The zero-order valence-electron chi connectivity index (χ0n) is 19.3. The minimum atomic E-state index is -4.58. The van der Waals surface area contributed by atoms with Crippen LogP contribution in [0.3, 0.4) is 0 Å². The van der Waals surface area contributed by atoms with E-state index >= 15 is 0 Å². The average Bonchev–Trinajstić information content (AvgIpc) is 2.80. The number of rotatable bonds is 5. The second kappa shape index (κ2) is 8.79. The number of carbonyl (C=O) groups is 2. The molecule has 2 amide bonds. The molecule has 4 aliphatic carbocycles. The molecule has 1 aliphatic heterocycles. The number of ether oxygens (including phenoxy) is 1. The second-order valence-corrected chi connectivity index (χ2v) is 10.7. The maximum atomic E-state index is 13.6. The summed E-state index contributed by atoms with van der Waals surface area (Å²) in [5.74, 6) is 0.422. The summed E-state index contributed by atoms with van der Waals surface area (Å²) >= 11 is 0. The highest BCUT2D eigenvalue weighted by Gasteiger charge is 2.58. The van der Waals surface area contributed by atoms with Gasteiger partial charge in [0.05, 0.1) is 23.8 Å². The van der Waals surface area contributed by atoms with Crippen LogP contribution in [0.5, 0.6) is 0 Å². The molecule has 3 atom stereocenters. The lowest BCUT2D eigenvalue weighted by molar-refractivity contribution is -0.151. The molecule has 6 rings (SSSR count). The molecule has 1 saturated heterocycles. The van der Waals surface area contributed by atoms with Crippen molar-refractivity contribution in [1.29, 1.82) is 5.26 Å². The Hall–Kier alpha value is -2.64. The Bertz CT molecular complexity index is 1050. The van der Waals surface area contributed by atoms with E-state index in [4.69, 9.17) is 15.7 Å². The highest BCUT2D eigenvalue weighted by molar-refractivity contribution is 5.83. The highest BCUT2D eigenvalue weighted by atomic mass is 19.4. The van der Waals surface area contributed by atoms with Crippen molar-refractivity contribution in [3.05, 3.63) is 34.9 Å². The molecule has 1 heterocycles. The van der Waals surface area contributed by atoms with Crippen molar-refractivity contribution in [2.24, 2.45) is 28.9 Å². The Kier molecular flexibility index (Phi) is 6.04. The first kappa shape index (κ1) is 24.1. The van der Waals surface area contributed by atoms with E-state index < -0.39 is 23.3 Å². The lowest BCUT2D eigenvalue weighted by Crippen LogP contribution is -2.63. The van der Waals surface area contributed by atoms with Crippen LogP contribution in [-0.2, 0) is 27.0 Å². The van der Waals surface area contributed by atoms with Crippen LogP contribution in [-0.4, -0.2) is 48.6 Å². The van der Waals surface area contributed by atoms with Gasteiger partial charge in [-0.3, -0.25) is 14.5 Å². The van der Waals surface area contributed by atoms with Gasteiger partial charge in [0.2, 0.25) is 5.91 Å². The quantitative estimate of drug-likeness (QED) is 0.660. The van der Waals surface area contributed by atoms with E-state index in [9.17, 15) is 22.8 Å². The Morgan fingerprint density at radius 2 is 1.94 bits per heavy atom. The van der Waals surface area contributed by atoms with Gasteiger partial charge in [0.25, 0.3) is 5.91 Å². The number of nitrogens with one attached hydrogen (secondary N) is 1. The summed E-state index contributed by atoms with van der Waals surface area (Å²) < 4.78 is 46.4. The van der Waals surface area contributed by atoms with Crippen LogP contribution >= 0.6 is 0 Å².